The number of para-hydroxylation sites is 1. The highest BCUT2D eigenvalue weighted by Crippen LogP contribution is 2.34. The van der Waals surface area contributed by atoms with Crippen LogP contribution in [0, 0.1) is 13.8 Å². The molecule has 1 saturated heterocycles. The second-order valence-corrected chi connectivity index (χ2v) is 7.97. The van der Waals surface area contributed by atoms with Gasteiger partial charge >= 0.3 is 0 Å². The Kier molecular flexibility index (Phi) is 6.32. The number of carbonyl (C=O) groups is 1. The van der Waals surface area contributed by atoms with Gasteiger partial charge in [-0.1, -0.05) is 47.1 Å². The zero-order chi connectivity index (χ0) is 21.7. The first-order valence-electron chi connectivity index (χ1n) is 10.5. The highest BCUT2D eigenvalue weighted by atomic mass is 16.5. The van der Waals surface area contributed by atoms with Crippen molar-refractivity contribution in [3.8, 4) is 17.2 Å². The van der Waals surface area contributed by atoms with Gasteiger partial charge in [0.1, 0.15) is 5.75 Å². The summed E-state index contributed by atoms with van der Waals surface area (Å²) in [4.78, 5) is 16.9. The maximum atomic E-state index is 12.6. The van der Waals surface area contributed by atoms with Crippen molar-refractivity contribution in [1.82, 2.24) is 15.5 Å². The summed E-state index contributed by atoms with van der Waals surface area (Å²) in [5, 5.41) is 6.89. The molecule has 1 fully saturated rings. The Morgan fingerprint density at radius 3 is 2.55 bits per heavy atom. The van der Waals surface area contributed by atoms with Crippen LogP contribution in [0.15, 0.2) is 53.1 Å². The van der Waals surface area contributed by atoms with Gasteiger partial charge in [0.15, 0.2) is 12.4 Å². The van der Waals surface area contributed by atoms with Gasteiger partial charge in [0.25, 0.3) is 11.8 Å². The van der Waals surface area contributed by atoms with E-state index in [-0.39, 0.29) is 17.9 Å². The van der Waals surface area contributed by atoms with Gasteiger partial charge in [0.2, 0.25) is 0 Å². The lowest BCUT2D eigenvalue weighted by Crippen LogP contribution is -2.45. The highest BCUT2D eigenvalue weighted by Gasteiger charge is 2.34. The van der Waals surface area contributed by atoms with Crippen molar-refractivity contribution in [2.24, 2.45) is 0 Å². The standard InChI is InChI=1S/C24H27N3O4/c1-17-7-9-19(10-8-17)24(11-13-29-14-12-24)16-25-22(28)15-30-21-6-4-3-5-20(21)23-26-18(2)27-31-23/h3-10H,11-16H2,1-2H3,(H,25,28). The SMILES string of the molecule is Cc1ccc(C2(CNC(=O)COc3ccccc3-c3nc(C)no3)CCOCC2)cc1. The van der Waals surface area contributed by atoms with Crippen molar-refractivity contribution < 1.29 is 18.8 Å². The third-order valence-corrected chi connectivity index (χ3v) is 5.74. The Hall–Kier alpha value is -3.19. The average molecular weight is 421 g/mol. The van der Waals surface area contributed by atoms with Crippen LogP contribution < -0.4 is 10.1 Å². The number of hydrogen-bond acceptors (Lipinski definition) is 6. The number of amides is 1. The molecule has 7 nitrogen and oxygen atoms in total. The number of rotatable bonds is 7. The van der Waals surface area contributed by atoms with Gasteiger partial charge in [-0.25, -0.2) is 0 Å². The van der Waals surface area contributed by atoms with E-state index in [1.807, 2.05) is 18.2 Å². The Morgan fingerprint density at radius 2 is 1.84 bits per heavy atom. The zero-order valence-corrected chi connectivity index (χ0v) is 17.9. The maximum absolute atomic E-state index is 12.6. The summed E-state index contributed by atoms with van der Waals surface area (Å²) in [6, 6.07) is 15.9. The van der Waals surface area contributed by atoms with Crippen LogP contribution in [0.2, 0.25) is 0 Å². The Labute approximate surface area is 181 Å². The molecular weight excluding hydrogens is 394 g/mol. The van der Waals surface area contributed by atoms with E-state index in [1.165, 1.54) is 11.1 Å². The monoisotopic (exact) mass is 421 g/mol. The molecule has 1 aliphatic heterocycles. The minimum absolute atomic E-state index is 0.0926. The van der Waals surface area contributed by atoms with Crippen LogP contribution in [-0.2, 0) is 14.9 Å². The largest absolute Gasteiger partial charge is 0.483 e. The molecule has 0 bridgehead atoms. The van der Waals surface area contributed by atoms with Crippen molar-refractivity contribution in [1.29, 1.82) is 0 Å². The number of ether oxygens (including phenoxy) is 2. The van der Waals surface area contributed by atoms with Gasteiger partial charge in [-0.15, -0.1) is 0 Å². The molecule has 0 radical (unpaired) electrons. The molecule has 31 heavy (non-hydrogen) atoms. The molecule has 1 amide bonds. The van der Waals surface area contributed by atoms with Crippen LogP contribution in [0.5, 0.6) is 5.75 Å². The van der Waals surface area contributed by atoms with Gasteiger partial charge in [-0.05, 0) is 44.4 Å². The van der Waals surface area contributed by atoms with Crippen LogP contribution in [0.4, 0.5) is 0 Å². The predicted molar refractivity (Wildman–Crippen MR) is 116 cm³/mol. The number of benzene rings is 2. The quantitative estimate of drug-likeness (QED) is 0.627. The molecule has 0 atom stereocenters. The Morgan fingerprint density at radius 1 is 1.10 bits per heavy atom. The number of hydrogen-bond donors (Lipinski definition) is 1. The second-order valence-electron chi connectivity index (χ2n) is 7.97. The van der Waals surface area contributed by atoms with Gasteiger partial charge in [0, 0.05) is 25.2 Å². The fourth-order valence-corrected chi connectivity index (χ4v) is 3.87. The maximum Gasteiger partial charge on any atom is 0.261 e. The molecule has 2 aromatic carbocycles. The first-order valence-corrected chi connectivity index (χ1v) is 10.5. The fraction of sp³-hybridized carbons (Fsp3) is 0.375. The summed E-state index contributed by atoms with van der Waals surface area (Å²) >= 11 is 0. The molecule has 3 aromatic rings. The van der Waals surface area contributed by atoms with Gasteiger partial charge in [-0.2, -0.15) is 4.98 Å². The number of nitrogens with one attached hydrogen (secondary N) is 1. The Bertz CT molecular complexity index is 1020. The summed E-state index contributed by atoms with van der Waals surface area (Å²) in [5.41, 5.74) is 3.00. The van der Waals surface area contributed by atoms with E-state index in [9.17, 15) is 4.79 Å². The van der Waals surface area contributed by atoms with E-state index >= 15 is 0 Å². The first-order chi connectivity index (χ1) is 15.1. The van der Waals surface area contributed by atoms with Crippen LogP contribution >= 0.6 is 0 Å². The molecule has 0 unspecified atom stereocenters. The third-order valence-electron chi connectivity index (χ3n) is 5.74. The van der Waals surface area contributed by atoms with Crippen LogP contribution in [0.25, 0.3) is 11.5 Å². The van der Waals surface area contributed by atoms with Gasteiger partial charge in [-0.3, -0.25) is 4.79 Å². The smallest absolute Gasteiger partial charge is 0.261 e. The van der Waals surface area contributed by atoms with E-state index in [2.05, 4.69) is 46.6 Å². The third kappa shape index (κ3) is 4.94. The van der Waals surface area contributed by atoms with Crippen LogP contribution in [0.3, 0.4) is 0 Å². The zero-order valence-electron chi connectivity index (χ0n) is 17.9. The molecule has 162 valence electrons. The summed E-state index contributed by atoms with van der Waals surface area (Å²) in [6.45, 7) is 5.67. The van der Waals surface area contributed by atoms with E-state index in [0.717, 1.165) is 12.8 Å². The minimum Gasteiger partial charge on any atom is -0.483 e. The van der Waals surface area contributed by atoms with Gasteiger partial charge < -0.3 is 19.3 Å². The molecule has 1 aliphatic rings. The van der Waals surface area contributed by atoms with E-state index in [4.69, 9.17) is 14.0 Å². The van der Waals surface area contributed by atoms with Crippen LogP contribution in [0.1, 0.15) is 29.8 Å². The minimum atomic E-state index is -0.172. The van der Waals surface area contributed by atoms with Crippen molar-refractivity contribution in [3.05, 3.63) is 65.5 Å². The van der Waals surface area contributed by atoms with Crippen molar-refractivity contribution in [3.63, 3.8) is 0 Å². The van der Waals surface area contributed by atoms with Crippen LogP contribution in [-0.4, -0.2) is 42.4 Å². The molecule has 0 saturated carbocycles. The first kappa shape index (κ1) is 21.1. The lowest BCUT2D eigenvalue weighted by molar-refractivity contribution is -0.123. The van der Waals surface area contributed by atoms with Crippen molar-refractivity contribution in [2.45, 2.75) is 32.1 Å². The average Bonchev–Trinajstić information content (AvgIpc) is 3.23. The van der Waals surface area contributed by atoms with Crippen molar-refractivity contribution in [2.75, 3.05) is 26.4 Å². The summed E-state index contributed by atoms with van der Waals surface area (Å²) in [6.07, 6.45) is 1.74. The molecule has 7 heteroatoms. The lowest BCUT2D eigenvalue weighted by Gasteiger charge is -2.38. The number of carbonyl (C=O) groups excluding carboxylic acids is 1. The lowest BCUT2D eigenvalue weighted by atomic mass is 9.74. The fourth-order valence-electron chi connectivity index (χ4n) is 3.87. The molecule has 0 aliphatic carbocycles. The highest BCUT2D eigenvalue weighted by molar-refractivity contribution is 5.78. The molecule has 1 N–H and O–H groups in total. The Balaban J connectivity index is 1.40. The number of aryl methyl sites for hydroxylation is 2. The normalized spacial score (nSPS) is 15.4. The summed E-state index contributed by atoms with van der Waals surface area (Å²) in [7, 11) is 0. The van der Waals surface area contributed by atoms with E-state index < -0.39 is 0 Å². The summed E-state index contributed by atoms with van der Waals surface area (Å²) < 4.78 is 16.6. The second kappa shape index (κ2) is 9.31. The topological polar surface area (TPSA) is 86.5 Å². The molecular formula is C24H27N3O4. The predicted octanol–water partition coefficient (Wildman–Crippen LogP) is 3.60. The number of aromatic nitrogens is 2. The van der Waals surface area contributed by atoms with Crippen molar-refractivity contribution >= 4 is 5.91 Å². The van der Waals surface area contributed by atoms with E-state index in [1.54, 1.807) is 13.0 Å². The molecule has 4 rings (SSSR count). The van der Waals surface area contributed by atoms with Gasteiger partial charge in [0.05, 0.1) is 5.56 Å². The number of nitrogens with zero attached hydrogens (tertiary/aromatic N) is 2. The van der Waals surface area contributed by atoms with E-state index in [0.29, 0.717) is 42.8 Å². The molecule has 2 heterocycles. The molecule has 0 spiro atoms. The molecule has 1 aromatic heterocycles. The summed E-state index contributed by atoms with van der Waals surface area (Å²) in [5.74, 6) is 1.27.